The fourth-order valence-corrected chi connectivity index (χ4v) is 1.68. The van der Waals surface area contributed by atoms with Crippen molar-refractivity contribution in [2.45, 2.75) is 12.5 Å². The molecule has 0 saturated carbocycles. The largest absolute Gasteiger partial charge is 0.573 e. The topological polar surface area (TPSA) is 55.0 Å². The van der Waals surface area contributed by atoms with Crippen LogP contribution in [-0.2, 0) is 6.18 Å². The van der Waals surface area contributed by atoms with Crippen LogP contribution in [0.1, 0.15) is 17.0 Å². The third-order valence-electron chi connectivity index (χ3n) is 2.63. The Balaban J connectivity index is 2.19. The van der Waals surface area contributed by atoms with Gasteiger partial charge in [-0.05, 0) is 29.8 Å². The van der Waals surface area contributed by atoms with Crippen molar-refractivity contribution in [3.63, 3.8) is 0 Å². The maximum absolute atomic E-state index is 12.6. The van der Waals surface area contributed by atoms with Crippen LogP contribution < -0.4 is 10.4 Å². The molecule has 0 radical (unpaired) electrons. The molecule has 0 amide bonds. The number of aromatic nitrogens is 2. The summed E-state index contributed by atoms with van der Waals surface area (Å²) in [5, 5.41) is 0. The molecule has 0 unspecified atom stereocenters. The summed E-state index contributed by atoms with van der Waals surface area (Å²) in [6.07, 6.45) is -7.13. The Morgan fingerprint density at radius 2 is 1.62 bits per heavy atom. The van der Waals surface area contributed by atoms with E-state index >= 15 is 0 Å². The predicted molar refractivity (Wildman–Crippen MR) is 71.9 cm³/mol. The molecule has 2 aromatic rings. The zero-order valence-electron chi connectivity index (χ0n) is 11.6. The summed E-state index contributed by atoms with van der Waals surface area (Å²) in [7, 11) is 0. The van der Waals surface area contributed by atoms with E-state index in [4.69, 9.17) is 0 Å². The number of hydrogen-bond donors (Lipinski definition) is 1. The highest BCUT2D eigenvalue weighted by Gasteiger charge is 2.32. The summed E-state index contributed by atoms with van der Waals surface area (Å²) < 4.78 is 77.4. The molecule has 1 N–H and O–H groups in total. The Labute approximate surface area is 130 Å². The molecular formula is C14H8F6N2O2. The van der Waals surface area contributed by atoms with Crippen LogP contribution in [0.2, 0.25) is 0 Å². The maximum atomic E-state index is 12.6. The molecule has 0 aliphatic rings. The van der Waals surface area contributed by atoms with Crippen molar-refractivity contribution in [1.29, 1.82) is 0 Å². The minimum absolute atomic E-state index is 0.248. The fourth-order valence-electron chi connectivity index (χ4n) is 1.68. The Morgan fingerprint density at radius 1 is 1.00 bits per heavy atom. The van der Waals surface area contributed by atoms with Crippen LogP contribution in [0.4, 0.5) is 26.3 Å². The smallest absolute Gasteiger partial charge is 0.406 e. The Kier molecular flexibility index (Phi) is 4.67. The predicted octanol–water partition coefficient (Wildman–Crippen LogP) is 3.86. The zero-order chi connectivity index (χ0) is 18.0. The summed E-state index contributed by atoms with van der Waals surface area (Å²) in [5.41, 5.74) is -2.30. The highest BCUT2D eigenvalue weighted by molar-refractivity contribution is 5.68. The summed E-state index contributed by atoms with van der Waals surface area (Å²) in [5.74, 6) is -0.437. The second-order valence-electron chi connectivity index (χ2n) is 4.47. The standard InChI is InChI=1S/C14H8F6N2O2/c15-13(16,17)11-7-9(21-12(23)22-11)4-1-8-2-5-10(6-3-8)24-14(18,19)20/h1-7H,(H,21,22,23)/b4-1+. The lowest BCUT2D eigenvalue weighted by Gasteiger charge is -2.08. The molecule has 0 saturated heterocycles. The molecule has 4 nitrogen and oxygen atoms in total. The summed E-state index contributed by atoms with van der Waals surface area (Å²) in [6, 6.07) is 5.24. The minimum Gasteiger partial charge on any atom is -0.406 e. The van der Waals surface area contributed by atoms with Crippen molar-refractivity contribution < 1.29 is 31.1 Å². The van der Waals surface area contributed by atoms with Gasteiger partial charge in [0.1, 0.15) is 11.4 Å². The van der Waals surface area contributed by atoms with Gasteiger partial charge in [-0.25, -0.2) is 4.79 Å². The van der Waals surface area contributed by atoms with Crippen molar-refractivity contribution in [3.8, 4) is 5.75 Å². The van der Waals surface area contributed by atoms with Crippen LogP contribution in [0.25, 0.3) is 12.2 Å². The monoisotopic (exact) mass is 350 g/mol. The van der Waals surface area contributed by atoms with Gasteiger partial charge < -0.3 is 9.72 Å². The molecule has 0 aliphatic heterocycles. The van der Waals surface area contributed by atoms with E-state index in [1.807, 2.05) is 0 Å². The van der Waals surface area contributed by atoms with Gasteiger partial charge in [-0.1, -0.05) is 18.2 Å². The van der Waals surface area contributed by atoms with Gasteiger partial charge in [-0.2, -0.15) is 18.2 Å². The van der Waals surface area contributed by atoms with Crippen LogP contribution in [0.3, 0.4) is 0 Å². The molecule has 1 aromatic carbocycles. The SMILES string of the molecule is O=c1nc(/C=C/c2ccc(OC(F)(F)F)cc2)cc(C(F)(F)F)[nH]1. The van der Waals surface area contributed by atoms with E-state index in [-0.39, 0.29) is 5.69 Å². The summed E-state index contributed by atoms with van der Waals surface area (Å²) in [4.78, 5) is 16.0. The lowest BCUT2D eigenvalue weighted by Crippen LogP contribution is -2.19. The first kappa shape index (κ1) is 17.6. The average molecular weight is 350 g/mol. The van der Waals surface area contributed by atoms with Gasteiger partial charge in [0.05, 0.1) is 5.69 Å². The van der Waals surface area contributed by atoms with E-state index in [0.29, 0.717) is 11.6 Å². The molecule has 128 valence electrons. The molecule has 0 fully saturated rings. The lowest BCUT2D eigenvalue weighted by atomic mass is 10.2. The van der Waals surface area contributed by atoms with Crippen LogP contribution >= 0.6 is 0 Å². The molecule has 0 atom stereocenters. The van der Waals surface area contributed by atoms with E-state index in [2.05, 4.69) is 9.72 Å². The zero-order valence-corrected chi connectivity index (χ0v) is 11.6. The summed E-state index contributed by atoms with van der Waals surface area (Å²) >= 11 is 0. The maximum Gasteiger partial charge on any atom is 0.573 e. The molecule has 0 spiro atoms. The Morgan fingerprint density at radius 3 is 2.17 bits per heavy atom. The van der Waals surface area contributed by atoms with Gasteiger partial charge in [0.25, 0.3) is 0 Å². The molecule has 0 aliphatic carbocycles. The van der Waals surface area contributed by atoms with Crippen molar-refractivity contribution in [3.05, 3.63) is 57.8 Å². The van der Waals surface area contributed by atoms with Gasteiger partial charge in [-0.3, -0.25) is 0 Å². The van der Waals surface area contributed by atoms with E-state index in [1.54, 1.807) is 4.98 Å². The number of nitrogens with zero attached hydrogens (tertiary/aromatic N) is 1. The van der Waals surface area contributed by atoms with Crippen molar-refractivity contribution >= 4 is 12.2 Å². The number of aromatic amines is 1. The number of alkyl halides is 6. The van der Waals surface area contributed by atoms with Crippen molar-refractivity contribution in [2.75, 3.05) is 0 Å². The van der Waals surface area contributed by atoms with E-state index in [9.17, 15) is 31.1 Å². The number of nitrogens with one attached hydrogen (secondary N) is 1. The minimum atomic E-state index is -4.82. The highest BCUT2D eigenvalue weighted by Crippen LogP contribution is 2.27. The van der Waals surface area contributed by atoms with Gasteiger partial charge >= 0.3 is 18.2 Å². The van der Waals surface area contributed by atoms with Crippen LogP contribution in [0, 0.1) is 0 Å². The van der Waals surface area contributed by atoms with Gasteiger partial charge in [-0.15, -0.1) is 13.2 Å². The molecule has 10 heteroatoms. The number of ether oxygens (including phenoxy) is 1. The second-order valence-corrected chi connectivity index (χ2v) is 4.47. The Hall–Kier alpha value is -2.78. The number of hydrogen-bond acceptors (Lipinski definition) is 3. The number of halogens is 6. The average Bonchev–Trinajstić information content (AvgIpc) is 2.43. The first-order valence-electron chi connectivity index (χ1n) is 6.25. The molecule has 1 aromatic heterocycles. The molecule has 0 bridgehead atoms. The first-order chi connectivity index (χ1) is 11.0. The van der Waals surface area contributed by atoms with Crippen molar-refractivity contribution in [2.24, 2.45) is 0 Å². The molecule has 1 heterocycles. The van der Waals surface area contributed by atoms with Gasteiger partial charge in [0.15, 0.2) is 0 Å². The molecule has 2 rings (SSSR count). The van der Waals surface area contributed by atoms with Crippen LogP contribution in [-0.4, -0.2) is 16.3 Å². The quantitative estimate of drug-likeness (QED) is 0.856. The first-order valence-corrected chi connectivity index (χ1v) is 6.25. The van der Waals surface area contributed by atoms with Crippen molar-refractivity contribution in [1.82, 2.24) is 9.97 Å². The third kappa shape index (κ3) is 5.14. The lowest BCUT2D eigenvalue weighted by molar-refractivity contribution is -0.274. The Bertz CT molecular complexity index is 791. The van der Waals surface area contributed by atoms with E-state index in [1.165, 1.54) is 18.2 Å². The van der Waals surface area contributed by atoms with Gasteiger partial charge in [0, 0.05) is 0 Å². The number of H-pyrrole nitrogens is 1. The third-order valence-corrected chi connectivity index (χ3v) is 2.63. The number of benzene rings is 1. The van der Waals surface area contributed by atoms with Crippen LogP contribution in [0.5, 0.6) is 5.75 Å². The highest BCUT2D eigenvalue weighted by atomic mass is 19.4. The number of rotatable bonds is 3. The normalized spacial score (nSPS) is 12.6. The van der Waals surface area contributed by atoms with Gasteiger partial charge in [0.2, 0.25) is 0 Å². The summed E-state index contributed by atoms with van der Waals surface area (Å²) in [6.45, 7) is 0. The van der Waals surface area contributed by atoms with Crippen LogP contribution in [0.15, 0.2) is 35.1 Å². The van der Waals surface area contributed by atoms with E-state index < -0.39 is 29.7 Å². The molecular weight excluding hydrogens is 342 g/mol. The second kappa shape index (κ2) is 6.38. The van der Waals surface area contributed by atoms with E-state index in [0.717, 1.165) is 18.2 Å². The fraction of sp³-hybridized carbons (Fsp3) is 0.143. The molecule has 24 heavy (non-hydrogen) atoms.